The van der Waals surface area contributed by atoms with Gasteiger partial charge in [-0.25, -0.2) is 0 Å². The van der Waals surface area contributed by atoms with E-state index in [9.17, 15) is 0 Å². The molecule has 18 heavy (non-hydrogen) atoms. The van der Waals surface area contributed by atoms with Gasteiger partial charge in [0.05, 0.1) is 5.69 Å². The predicted octanol–water partition coefficient (Wildman–Crippen LogP) is 3.39. The van der Waals surface area contributed by atoms with Crippen LogP contribution in [0.2, 0.25) is 0 Å². The molecule has 0 aliphatic heterocycles. The van der Waals surface area contributed by atoms with Crippen LogP contribution in [0.4, 0.5) is 0 Å². The van der Waals surface area contributed by atoms with E-state index >= 15 is 0 Å². The Kier molecular flexibility index (Phi) is 2.74. The summed E-state index contributed by atoms with van der Waals surface area (Å²) in [5, 5.41) is 3.76. The lowest BCUT2D eigenvalue weighted by molar-refractivity contribution is 0.120. The summed E-state index contributed by atoms with van der Waals surface area (Å²) in [4.78, 5) is 4.40. The lowest BCUT2D eigenvalue weighted by Gasteiger charge is -2.39. The number of aromatic nitrogens is 1. The number of rotatable bonds is 3. The van der Waals surface area contributed by atoms with Crippen molar-refractivity contribution in [1.82, 2.24) is 10.3 Å². The number of fused-ring (bicyclic) bond motifs is 2. The fraction of sp³-hybridized carbons (Fsp3) is 0.688. The minimum Gasteiger partial charge on any atom is -0.308 e. The molecule has 3 atom stereocenters. The number of hydrogen-bond donors (Lipinski definition) is 1. The van der Waals surface area contributed by atoms with Crippen molar-refractivity contribution in [3.05, 3.63) is 30.1 Å². The van der Waals surface area contributed by atoms with Gasteiger partial charge in [-0.3, -0.25) is 4.98 Å². The fourth-order valence-corrected chi connectivity index (χ4v) is 4.24. The fourth-order valence-electron chi connectivity index (χ4n) is 4.24. The van der Waals surface area contributed by atoms with Crippen LogP contribution in [0.5, 0.6) is 0 Å². The second-order valence-electron chi connectivity index (χ2n) is 6.87. The molecule has 2 heteroatoms. The quantitative estimate of drug-likeness (QED) is 0.881. The van der Waals surface area contributed by atoms with Gasteiger partial charge >= 0.3 is 0 Å². The number of pyridine rings is 1. The average molecular weight is 244 g/mol. The third-order valence-electron chi connectivity index (χ3n) is 6.05. The van der Waals surface area contributed by atoms with Gasteiger partial charge < -0.3 is 5.32 Å². The van der Waals surface area contributed by atoms with E-state index < -0.39 is 0 Å². The zero-order valence-corrected chi connectivity index (χ0v) is 11.7. The van der Waals surface area contributed by atoms with Crippen LogP contribution in [0.25, 0.3) is 0 Å². The van der Waals surface area contributed by atoms with E-state index in [0.717, 1.165) is 18.2 Å². The van der Waals surface area contributed by atoms with Gasteiger partial charge in [-0.2, -0.15) is 0 Å². The summed E-state index contributed by atoms with van der Waals surface area (Å²) in [5.74, 6) is 0.906. The first-order valence-corrected chi connectivity index (χ1v) is 7.17. The largest absolute Gasteiger partial charge is 0.308 e. The molecule has 1 unspecified atom stereocenters. The van der Waals surface area contributed by atoms with E-state index in [2.05, 4.69) is 43.2 Å². The van der Waals surface area contributed by atoms with Crippen molar-refractivity contribution in [3.63, 3.8) is 0 Å². The minimum absolute atomic E-state index is 0.465. The van der Waals surface area contributed by atoms with Crippen molar-refractivity contribution >= 4 is 0 Å². The predicted molar refractivity (Wildman–Crippen MR) is 74.1 cm³/mol. The van der Waals surface area contributed by atoms with Crippen LogP contribution in [0.1, 0.15) is 45.7 Å². The molecule has 98 valence electrons. The van der Waals surface area contributed by atoms with Gasteiger partial charge in [0.1, 0.15) is 0 Å². The summed E-state index contributed by atoms with van der Waals surface area (Å²) < 4.78 is 0. The summed E-state index contributed by atoms with van der Waals surface area (Å²) in [6.45, 7) is 8.32. The Hall–Kier alpha value is -0.890. The maximum atomic E-state index is 4.40. The molecule has 2 saturated carbocycles. The molecule has 0 spiro atoms. The molecule has 2 fully saturated rings. The van der Waals surface area contributed by atoms with E-state index in [4.69, 9.17) is 0 Å². The third-order valence-corrected chi connectivity index (χ3v) is 6.05. The van der Waals surface area contributed by atoms with Gasteiger partial charge in [0.2, 0.25) is 0 Å². The first kappa shape index (κ1) is 12.2. The van der Waals surface area contributed by atoms with Crippen molar-refractivity contribution < 1.29 is 0 Å². The molecule has 0 aromatic carbocycles. The molecule has 0 saturated heterocycles. The maximum Gasteiger partial charge on any atom is 0.0541 e. The molecule has 3 rings (SSSR count). The van der Waals surface area contributed by atoms with Gasteiger partial charge in [0, 0.05) is 18.8 Å². The van der Waals surface area contributed by atoms with Crippen LogP contribution >= 0.6 is 0 Å². The van der Waals surface area contributed by atoms with Crippen LogP contribution in [0.15, 0.2) is 24.4 Å². The van der Waals surface area contributed by atoms with Crippen LogP contribution in [0, 0.1) is 16.7 Å². The Morgan fingerprint density at radius 2 is 2.17 bits per heavy atom. The van der Waals surface area contributed by atoms with Gasteiger partial charge in [0.15, 0.2) is 0 Å². The highest BCUT2D eigenvalue weighted by Crippen LogP contribution is 2.65. The highest BCUT2D eigenvalue weighted by molar-refractivity contribution is 5.13. The van der Waals surface area contributed by atoms with Crippen molar-refractivity contribution in [3.8, 4) is 0 Å². The molecule has 0 amide bonds. The van der Waals surface area contributed by atoms with Crippen molar-refractivity contribution in [2.24, 2.45) is 16.7 Å². The van der Waals surface area contributed by atoms with E-state index in [1.54, 1.807) is 0 Å². The van der Waals surface area contributed by atoms with Crippen molar-refractivity contribution in [2.75, 3.05) is 0 Å². The first-order chi connectivity index (χ1) is 8.54. The maximum absolute atomic E-state index is 4.40. The molecule has 1 heterocycles. The van der Waals surface area contributed by atoms with E-state index in [1.807, 2.05) is 12.3 Å². The number of nitrogens with zero attached hydrogens (tertiary/aromatic N) is 1. The smallest absolute Gasteiger partial charge is 0.0541 e. The van der Waals surface area contributed by atoms with Crippen molar-refractivity contribution in [2.45, 2.75) is 52.6 Å². The van der Waals surface area contributed by atoms with E-state index in [-0.39, 0.29) is 0 Å². The molecule has 1 aromatic heterocycles. The van der Waals surface area contributed by atoms with E-state index in [1.165, 1.54) is 19.3 Å². The Bertz CT molecular complexity index is 426. The molecule has 0 radical (unpaired) electrons. The highest BCUT2D eigenvalue weighted by atomic mass is 15.0. The Balaban J connectivity index is 1.69. The minimum atomic E-state index is 0.465. The molecule has 2 bridgehead atoms. The zero-order valence-electron chi connectivity index (χ0n) is 11.7. The first-order valence-electron chi connectivity index (χ1n) is 7.17. The number of nitrogens with one attached hydrogen (secondary N) is 1. The van der Waals surface area contributed by atoms with Crippen molar-refractivity contribution in [1.29, 1.82) is 0 Å². The second kappa shape index (κ2) is 4.06. The molecular weight excluding hydrogens is 220 g/mol. The summed E-state index contributed by atoms with van der Waals surface area (Å²) in [7, 11) is 0. The third kappa shape index (κ3) is 1.62. The molecule has 2 nitrogen and oxygen atoms in total. The lowest BCUT2D eigenvalue weighted by atomic mass is 9.69. The second-order valence-corrected chi connectivity index (χ2v) is 6.87. The monoisotopic (exact) mass is 244 g/mol. The van der Waals surface area contributed by atoms with Gasteiger partial charge in [0.25, 0.3) is 0 Å². The summed E-state index contributed by atoms with van der Waals surface area (Å²) in [5.41, 5.74) is 2.11. The Morgan fingerprint density at radius 1 is 1.33 bits per heavy atom. The number of hydrogen-bond acceptors (Lipinski definition) is 2. The van der Waals surface area contributed by atoms with Crippen LogP contribution in [0.3, 0.4) is 0 Å². The van der Waals surface area contributed by atoms with Crippen LogP contribution < -0.4 is 5.32 Å². The van der Waals surface area contributed by atoms with Crippen LogP contribution in [-0.2, 0) is 6.54 Å². The Morgan fingerprint density at radius 3 is 2.72 bits per heavy atom. The molecule has 1 aromatic rings. The standard InChI is InChI=1S/C16H24N2/c1-15(2)12-7-8-16(15,3)14(10-12)18-11-13-6-4-5-9-17-13/h4-6,9,12,14,18H,7-8,10-11H2,1-3H3/t12-,14-,16?/m1/s1. The lowest BCUT2D eigenvalue weighted by Crippen LogP contribution is -2.44. The molecule has 2 aliphatic carbocycles. The summed E-state index contributed by atoms with van der Waals surface area (Å²) in [6, 6.07) is 6.81. The van der Waals surface area contributed by atoms with Gasteiger partial charge in [-0.05, 0) is 48.1 Å². The Labute approximate surface area is 110 Å². The summed E-state index contributed by atoms with van der Waals surface area (Å²) in [6.07, 6.45) is 6.02. The normalized spacial score (nSPS) is 37.1. The zero-order chi connectivity index (χ0) is 12.8. The SMILES string of the molecule is CC1(C)[C@@H]2CCC1(C)[C@H](NCc1ccccn1)C2. The topological polar surface area (TPSA) is 24.9 Å². The molecule has 1 N–H and O–H groups in total. The highest BCUT2D eigenvalue weighted by Gasteiger charge is 2.60. The van der Waals surface area contributed by atoms with Gasteiger partial charge in [-0.1, -0.05) is 26.8 Å². The average Bonchev–Trinajstić information content (AvgIpc) is 2.70. The summed E-state index contributed by atoms with van der Waals surface area (Å²) >= 11 is 0. The van der Waals surface area contributed by atoms with Crippen LogP contribution in [-0.4, -0.2) is 11.0 Å². The van der Waals surface area contributed by atoms with E-state index in [0.29, 0.717) is 16.9 Å². The molecule has 2 aliphatic rings. The van der Waals surface area contributed by atoms with Gasteiger partial charge in [-0.15, -0.1) is 0 Å². The molecular formula is C16H24N2.